The molecule has 0 saturated carbocycles. The Bertz CT molecular complexity index is 788. The molecule has 0 aliphatic heterocycles. The van der Waals surface area contributed by atoms with Gasteiger partial charge in [0.15, 0.2) is 0 Å². The minimum atomic E-state index is 0.470. The number of aromatic nitrogens is 1. The van der Waals surface area contributed by atoms with Gasteiger partial charge in [0.05, 0.1) is 12.5 Å². The number of para-hydroxylation sites is 1. The quantitative estimate of drug-likeness (QED) is 0.679. The molecule has 0 aliphatic carbocycles. The topological polar surface area (TPSA) is 39.6 Å². The zero-order chi connectivity index (χ0) is 12.7. The van der Waals surface area contributed by atoms with E-state index in [4.69, 9.17) is 5.26 Å². The maximum Gasteiger partial charge on any atom is 0.0669 e. The van der Waals surface area contributed by atoms with Crippen molar-refractivity contribution in [1.29, 1.82) is 5.26 Å². The highest BCUT2D eigenvalue weighted by Gasteiger charge is 2.11. The highest BCUT2D eigenvalue weighted by atomic mass is 14.7. The van der Waals surface area contributed by atoms with Crippen molar-refractivity contribution in [2.24, 2.45) is 0 Å². The third kappa shape index (κ3) is 1.41. The average Bonchev–Trinajstić information content (AvgIpc) is 2.76. The number of fused-ring (bicyclic) bond motifs is 3. The predicted octanol–water partition coefficient (Wildman–Crippen LogP) is 4.00. The second kappa shape index (κ2) is 3.89. The molecule has 0 unspecified atom stereocenters. The molecule has 2 heteroatoms. The molecule has 0 atom stereocenters. The molecular formula is C16H14N2. The van der Waals surface area contributed by atoms with Gasteiger partial charge in [-0.25, -0.2) is 0 Å². The molecular weight excluding hydrogens is 220 g/mol. The molecule has 0 bridgehead atoms. The maximum absolute atomic E-state index is 8.89. The lowest BCUT2D eigenvalue weighted by molar-refractivity contribution is 1.21. The van der Waals surface area contributed by atoms with E-state index in [1.807, 2.05) is 6.07 Å². The van der Waals surface area contributed by atoms with E-state index < -0.39 is 0 Å². The summed E-state index contributed by atoms with van der Waals surface area (Å²) in [6.45, 7) is 4.20. The summed E-state index contributed by atoms with van der Waals surface area (Å²) in [5.41, 5.74) is 5.87. The Morgan fingerprint density at radius 3 is 2.78 bits per heavy atom. The first-order chi connectivity index (χ1) is 8.72. The lowest BCUT2D eigenvalue weighted by Crippen LogP contribution is -1.91. The van der Waals surface area contributed by atoms with Crippen LogP contribution in [0.3, 0.4) is 0 Å². The summed E-state index contributed by atoms with van der Waals surface area (Å²) in [7, 11) is 0. The fourth-order valence-corrected chi connectivity index (χ4v) is 2.70. The van der Waals surface area contributed by atoms with Gasteiger partial charge in [0.2, 0.25) is 0 Å². The average molecular weight is 234 g/mol. The Hall–Kier alpha value is -2.27. The van der Waals surface area contributed by atoms with Gasteiger partial charge < -0.3 is 4.98 Å². The van der Waals surface area contributed by atoms with E-state index in [0.717, 1.165) is 11.1 Å². The molecule has 0 saturated heterocycles. The van der Waals surface area contributed by atoms with Crippen LogP contribution in [0.25, 0.3) is 21.8 Å². The van der Waals surface area contributed by atoms with E-state index in [0.29, 0.717) is 6.42 Å². The van der Waals surface area contributed by atoms with Gasteiger partial charge in [-0.1, -0.05) is 24.3 Å². The van der Waals surface area contributed by atoms with Crippen LogP contribution in [0.4, 0.5) is 0 Å². The van der Waals surface area contributed by atoms with Gasteiger partial charge >= 0.3 is 0 Å². The van der Waals surface area contributed by atoms with E-state index in [1.165, 1.54) is 27.4 Å². The first-order valence-corrected chi connectivity index (χ1v) is 6.09. The third-order valence-corrected chi connectivity index (χ3v) is 3.62. The number of nitrogens with zero attached hydrogens (tertiary/aromatic N) is 1. The molecule has 0 spiro atoms. The first kappa shape index (κ1) is 10.9. The second-order valence-corrected chi connectivity index (χ2v) is 4.73. The highest BCUT2D eigenvalue weighted by molar-refractivity contribution is 6.10. The Balaban J connectivity index is 2.48. The molecule has 1 heterocycles. The number of benzene rings is 2. The van der Waals surface area contributed by atoms with Gasteiger partial charge in [-0.05, 0) is 36.6 Å². The van der Waals surface area contributed by atoms with Crippen LogP contribution in [0.2, 0.25) is 0 Å². The largest absolute Gasteiger partial charge is 0.354 e. The lowest BCUT2D eigenvalue weighted by Gasteiger charge is -2.06. The molecule has 88 valence electrons. The van der Waals surface area contributed by atoms with Gasteiger partial charge in [0, 0.05) is 21.8 Å². The fourth-order valence-electron chi connectivity index (χ4n) is 2.70. The zero-order valence-corrected chi connectivity index (χ0v) is 10.5. The number of aromatic amines is 1. The Kier molecular flexibility index (Phi) is 2.34. The van der Waals surface area contributed by atoms with Crippen molar-refractivity contribution < 1.29 is 0 Å². The van der Waals surface area contributed by atoms with E-state index in [1.54, 1.807) is 0 Å². The number of H-pyrrole nitrogens is 1. The van der Waals surface area contributed by atoms with Crippen molar-refractivity contribution in [2.45, 2.75) is 20.3 Å². The van der Waals surface area contributed by atoms with Crippen LogP contribution in [-0.4, -0.2) is 4.98 Å². The summed E-state index contributed by atoms with van der Waals surface area (Å²) in [6.07, 6.45) is 0.470. The summed E-state index contributed by atoms with van der Waals surface area (Å²) in [5, 5.41) is 11.4. The van der Waals surface area contributed by atoms with Crippen LogP contribution in [0.1, 0.15) is 16.7 Å². The van der Waals surface area contributed by atoms with Crippen molar-refractivity contribution in [2.75, 3.05) is 0 Å². The molecule has 3 aromatic rings. The zero-order valence-electron chi connectivity index (χ0n) is 10.5. The summed E-state index contributed by atoms with van der Waals surface area (Å²) in [6, 6.07) is 12.7. The Morgan fingerprint density at radius 2 is 2.00 bits per heavy atom. The third-order valence-electron chi connectivity index (χ3n) is 3.62. The Labute approximate surface area is 106 Å². The summed E-state index contributed by atoms with van der Waals surface area (Å²) >= 11 is 0. The van der Waals surface area contributed by atoms with E-state index in [-0.39, 0.29) is 0 Å². The molecule has 0 radical (unpaired) electrons. The van der Waals surface area contributed by atoms with Crippen molar-refractivity contribution >= 4 is 21.8 Å². The molecule has 3 rings (SSSR count). The van der Waals surface area contributed by atoms with Crippen molar-refractivity contribution in [3.63, 3.8) is 0 Å². The summed E-state index contributed by atoms with van der Waals surface area (Å²) in [4.78, 5) is 3.48. The maximum atomic E-state index is 8.89. The van der Waals surface area contributed by atoms with Crippen molar-refractivity contribution in [3.8, 4) is 6.07 Å². The van der Waals surface area contributed by atoms with Gasteiger partial charge in [-0.3, -0.25) is 0 Å². The fraction of sp³-hybridized carbons (Fsp3) is 0.188. The summed E-state index contributed by atoms with van der Waals surface area (Å²) < 4.78 is 0. The molecule has 0 amide bonds. The SMILES string of the molecule is Cc1c(CC#N)cc(C)c2c1[nH]c1ccccc12. The monoisotopic (exact) mass is 234 g/mol. The van der Waals surface area contributed by atoms with Gasteiger partial charge in [-0.15, -0.1) is 0 Å². The molecule has 1 N–H and O–H groups in total. The Morgan fingerprint density at radius 1 is 1.22 bits per heavy atom. The molecule has 0 aliphatic rings. The van der Waals surface area contributed by atoms with Gasteiger partial charge in [0.1, 0.15) is 0 Å². The second-order valence-electron chi connectivity index (χ2n) is 4.73. The predicted molar refractivity (Wildman–Crippen MR) is 74.6 cm³/mol. The van der Waals surface area contributed by atoms with Crippen LogP contribution < -0.4 is 0 Å². The summed E-state index contributed by atoms with van der Waals surface area (Å²) in [5.74, 6) is 0. The van der Waals surface area contributed by atoms with Crippen LogP contribution in [0, 0.1) is 25.2 Å². The van der Waals surface area contributed by atoms with Gasteiger partial charge in [-0.2, -0.15) is 5.26 Å². The molecule has 2 aromatic carbocycles. The smallest absolute Gasteiger partial charge is 0.0669 e. The standard InChI is InChI=1S/C16H14N2/c1-10-9-12(7-8-17)11(2)16-15(10)13-5-3-4-6-14(13)18-16/h3-6,9,18H,7H2,1-2H3. The number of aryl methyl sites for hydroxylation is 2. The lowest BCUT2D eigenvalue weighted by atomic mass is 9.98. The first-order valence-electron chi connectivity index (χ1n) is 6.09. The number of nitrogens with one attached hydrogen (secondary N) is 1. The van der Waals surface area contributed by atoms with Crippen LogP contribution >= 0.6 is 0 Å². The van der Waals surface area contributed by atoms with E-state index in [9.17, 15) is 0 Å². The minimum absolute atomic E-state index is 0.470. The molecule has 1 aromatic heterocycles. The van der Waals surface area contributed by atoms with Crippen molar-refractivity contribution in [3.05, 3.63) is 47.0 Å². The number of rotatable bonds is 1. The van der Waals surface area contributed by atoms with Gasteiger partial charge in [0.25, 0.3) is 0 Å². The number of nitriles is 1. The normalized spacial score (nSPS) is 10.9. The van der Waals surface area contributed by atoms with Crippen LogP contribution in [0.5, 0.6) is 0 Å². The molecule has 18 heavy (non-hydrogen) atoms. The molecule has 2 nitrogen and oxygen atoms in total. The number of hydrogen-bond donors (Lipinski definition) is 1. The highest BCUT2D eigenvalue weighted by Crippen LogP contribution is 2.32. The van der Waals surface area contributed by atoms with Crippen LogP contribution in [-0.2, 0) is 6.42 Å². The van der Waals surface area contributed by atoms with E-state index in [2.05, 4.69) is 49.2 Å². The van der Waals surface area contributed by atoms with Crippen molar-refractivity contribution in [1.82, 2.24) is 4.98 Å². The van der Waals surface area contributed by atoms with E-state index >= 15 is 0 Å². The molecule has 0 fully saturated rings. The van der Waals surface area contributed by atoms with Crippen LogP contribution in [0.15, 0.2) is 30.3 Å². The minimum Gasteiger partial charge on any atom is -0.354 e. The number of hydrogen-bond acceptors (Lipinski definition) is 1.